The Labute approximate surface area is 162 Å². The Hall–Kier alpha value is -3.09. The number of anilines is 1. The van der Waals surface area contributed by atoms with E-state index in [0.29, 0.717) is 38.2 Å². The molecule has 0 saturated carbocycles. The molecule has 2 saturated heterocycles. The van der Waals surface area contributed by atoms with Gasteiger partial charge in [-0.2, -0.15) is 0 Å². The minimum atomic E-state index is -0.918. The molecule has 146 valence electrons. The van der Waals surface area contributed by atoms with E-state index in [-0.39, 0.29) is 23.9 Å². The van der Waals surface area contributed by atoms with Gasteiger partial charge in [-0.15, -0.1) is 0 Å². The number of nitrogens with zero attached hydrogens (tertiary/aromatic N) is 3. The summed E-state index contributed by atoms with van der Waals surface area (Å²) in [5.74, 6) is -0.340. The molecule has 0 radical (unpaired) electrons. The van der Waals surface area contributed by atoms with E-state index in [1.54, 1.807) is 17.0 Å². The normalized spacial score (nSPS) is 20.7. The highest BCUT2D eigenvalue weighted by Crippen LogP contribution is 2.37. The van der Waals surface area contributed by atoms with Crippen LogP contribution in [0.1, 0.15) is 24.4 Å². The number of piperidine rings is 1. The number of amides is 3. The summed E-state index contributed by atoms with van der Waals surface area (Å²) in [6.45, 7) is 1.32. The quantitative estimate of drug-likeness (QED) is 0.873. The number of likely N-dealkylation sites (tertiary alicyclic amines) is 1. The Morgan fingerprint density at radius 1 is 1.00 bits per heavy atom. The van der Waals surface area contributed by atoms with E-state index < -0.39 is 6.09 Å². The van der Waals surface area contributed by atoms with Crippen molar-refractivity contribution in [1.29, 1.82) is 0 Å². The number of halogens is 1. The second-order valence-electron chi connectivity index (χ2n) is 7.20. The molecule has 2 heterocycles. The van der Waals surface area contributed by atoms with Gasteiger partial charge in [0.15, 0.2) is 0 Å². The zero-order valence-electron chi connectivity index (χ0n) is 15.4. The third-order valence-corrected chi connectivity index (χ3v) is 5.59. The van der Waals surface area contributed by atoms with Gasteiger partial charge in [0, 0.05) is 24.8 Å². The van der Waals surface area contributed by atoms with Crippen LogP contribution in [0.2, 0.25) is 0 Å². The molecule has 2 aliphatic heterocycles. The Bertz CT molecular complexity index is 851. The van der Waals surface area contributed by atoms with Crippen LogP contribution in [-0.2, 0) is 0 Å². The number of carbonyl (C=O) groups is 2. The lowest BCUT2D eigenvalue weighted by Crippen LogP contribution is -2.48. The van der Waals surface area contributed by atoms with Crippen LogP contribution in [-0.4, -0.2) is 52.7 Å². The largest absolute Gasteiger partial charge is 0.465 e. The van der Waals surface area contributed by atoms with Crippen molar-refractivity contribution in [2.24, 2.45) is 0 Å². The average molecular weight is 383 g/mol. The Balaban J connectivity index is 1.62. The van der Waals surface area contributed by atoms with Crippen molar-refractivity contribution in [3.8, 4) is 0 Å². The summed E-state index contributed by atoms with van der Waals surface area (Å²) < 4.78 is 13.3. The van der Waals surface area contributed by atoms with Gasteiger partial charge in [-0.05, 0) is 42.7 Å². The molecule has 2 aromatic rings. The van der Waals surface area contributed by atoms with Gasteiger partial charge < -0.3 is 14.9 Å². The van der Waals surface area contributed by atoms with Crippen LogP contribution in [0.3, 0.4) is 0 Å². The predicted molar refractivity (Wildman–Crippen MR) is 103 cm³/mol. The molecule has 0 aliphatic carbocycles. The van der Waals surface area contributed by atoms with Crippen LogP contribution in [0.15, 0.2) is 54.6 Å². The lowest BCUT2D eigenvalue weighted by atomic mass is 9.99. The van der Waals surface area contributed by atoms with E-state index in [4.69, 9.17) is 0 Å². The fraction of sp³-hybridized carbons (Fsp3) is 0.333. The van der Waals surface area contributed by atoms with Gasteiger partial charge in [0.05, 0.1) is 12.6 Å². The zero-order valence-corrected chi connectivity index (χ0v) is 15.4. The van der Waals surface area contributed by atoms with E-state index in [2.05, 4.69) is 0 Å². The van der Waals surface area contributed by atoms with Gasteiger partial charge in [-0.3, -0.25) is 4.90 Å². The maximum absolute atomic E-state index is 13.3. The second-order valence-corrected chi connectivity index (χ2v) is 7.20. The maximum atomic E-state index is 13.3. The van der Waals surface area contributed by atoms with Gasteiger partial charge in [-0.25, -0.2) is 14.0 Å². The van der Waals surface area contributed by atoms with Crippen molar-refractivity contribution in [1.82, 2.24) is 9.80 Å². The minimum absolute atomic E-state index is 0.0289. The highest BCUT2D eigenvalue weighted by Gasteiger charge is 2.43. The van der Waals surface area contributed by atoms with Crippen LogP contribution in [0.5, 0.6) is 0 Å². The van der Waals surface area contributed by atoms with E-state index in [0.717, 1.165) is 5.56 Å². The maximum Gasteiger partial charge on any atom is 0.407 e. The first-order valence-corrected chi connectivity index (χ1v) is 9.43. The molecular weight excluding hydrogens is 361 g/mol. The standard InChI is InChI=1S/C21H22FN3O3/c22-16-6-8-17(9-7-16)24-14-19(15-4-2-1-3-5-15)25(20(24)26)18-10-12-23(13-11-18)21(27)28/h1-9,18-19H,10-14H2,(H,27,28)/t19-/m0/s1. The number of rotatable bonds is 3. The molecule has 2 aliphatic rings. The summed E-state index contributed by atoms with van der Waals surface area (Å²) in [6, 6.07) is 15.5. The second kappa shape index (κ2) is 7.50. The minimum Gasteiger partial charge on any atom is -0.465 e. The molecule has 7 heteroatoms. The number of carboxylic acid groups (broad SMARTS) is 1. The SMILES string of the molecule is O=C(O)N1CCC(N2C(=O)N(c3ccc(F)cc3)C[C@H]2c2ccccc2)CC1. The third-order valence-electron chi connectivity index (χ3n) is 5.59. The van der Waals surface area contributed by atoms with Gasteiger partial charge >= 0.3 is 12.1 Å². The summed E-state index contributed by atoms with van der Waals surface area (Å²) >= 11 is 0. The zero-order chi connectivity index (χ0) is 19.7. The van der Waals surface area contributed by atoms with Crippen LogP contribution >= 0.6 is 0 Å². The summed E-state index contributed by atoms with van der Waals surface area (Å²) in [5.41, 5.74) is 1.71. The number of hydrogen-bond acceptors (Lipinski definition) is 2. The van der Waals surface area contributed by atoms with E-state index in [9.17, 15) is 19.1 Å². The molecule has 6 nitrogen and oxygen atoms in total. The fourth-order valence-electron chi connectivity index (χ4n) is 4.14. The molecule has 0 bridgehead atoms. The van der Waals surface area contributed by atoms with Crippen LogP contribution < -0.4 is 4.90 Å². The molecule has 0 spiro atoms. The molecule has 0 aromatic heterocycles. The van der Waals surface area contributed by atoms with Crippen molar-refractivity contribution in [3.63, 3.8) is 0 Å². The van der Waals surface area contributed by atoms with Gasteiger partial charge in [0.25, 0.3) is 0 Å². The summed E-state index contributed by atoms with van der Waals surface area (Å²) in [7, 11) is 0. The molecule has 28 heavy (non-hydrogen) atoms. The third kappa shape index (κ3) is 3.40. The van der Waals surface area contributed by atoms with Crippen molar-refractivity contribution >= 4 is 17.8 Å². The summed E-state index contributed by atoms with van der Waals surface area (Å²) in [4.78, 5) is 29.5. The summed E-state index contributed by atoms with van der Waals surface area (Å²) in [6.07, 6.45) is 0.302. The molecule has 4 rings (SSSR count). The van der Waals surface area contributed by atoms with Crippen molar-refractivity contribution in [2.45, 2.75) is 24.9 Å². The fourth-order valence-corrected chi connectivity index (χ4v) is 4.14. The number of carbonyl (C=O) groups excluding carboxylic acids is 1. The molecule has 2 fully saturated rings. The first kappa shape index (κ1) is 18.3. The first-order valence-electron chi connectivity index (χ1n) is 9.43. The molecule has 2 aromatic carbocycles. The van der Waals surface area contributed by atoms with E-state index in [1.165, 1.54) is 17.0 Å². The van der Waals surface area contributed by atoms with Gasteiger partial charge in [0.1, 0.15) is 5.82 Å². The average Bonchev–Trinajstić information content (AvgIpc) is 3.06. The number of hydrogen-bond donors (Lipinski definition) is 1. The summed E-state index contributed by atoms with van der Waals surface area (Å²) in [5, 5.41) is 9.19. The monoisotopic (exact) mass is 383 g/mol. The van der Waals surface area contributed by atoms with Crippen molar-refractivity contribution < 1.29 is 19.1 Å². The molecule has 1 atom stereocenters. The van der Waals surface area contributed by atoms with E-state index in [1.807, 2.05) is 35.2 Å². The molecule has 0 unspecified atom stereocenters. The highest BCUT2D eigenvalue weighted by molar-refractivity contribution is 5.95. The number of benzene rings is 2. The van der Waals surface area contributed by atoms with Gasteiger partial charge in [-0.1, -0.05) is 30.3 Å². The Morgan fingerprint density at radius 3 is 2.25 bits per heavy atom. The number of urea groups is 1. The highest BCUT2D eigenvalue weighted by atomic mass is 19.1. The van der Waals surface area contributed by atoms with Gasteiger partial charge in [0.2, 0.25) is 0 Å². The van der Waals surface area contributed by atoms with Crippen LogP contribution in [0.25, 0.3) is 0 Å². The lowest BCUT2D eigenvalue weighted by Gasteiger charge is -2.38. The van der Waals surface area contributed by atoms with Crippen molar-refractivity contribution in [3.05, 3.63) is 66.0 Å². The first-order chi connectivity index (χ1) is 13.5. The van der Waals surface area contributed by atoms with E-state index >= 15 is 0 Å². The van der Waals surface area contributed by atoms with Crippen LogP contribution in [0.4, 0.5) is 19.7 Å². The Morgan fingerprint density at radius 2 is 1.64 bits per heavy atom. The van der Waals surface area contributed by atoms with Crippen LogP contribution in [0, 0.1) is 5.82 Å². The molecule has 1 N–H and O–H groups in total. The molecular formula is C21H22FN3O3. The predicted octanol–water partition coefficient (Wildman–Crippen LogP) is 3.95. The van der Waals surface area contributed by atoms with Crippen molar-refractivity contribution in [2.75, 3.05) is 24.5 Å². The smallest absolute Gasteiger partial charge is 0.407 e. The lowest BCUT2D eigenvalue weighted by molar-refractivity contribution is 0.101. The molecule has 3 amide bonds. The Kier molecular flexibility index (Phi) is 4.90. The topological polar surface area (TPSA) is 64.1 Å².